The summed E-state index contributed by atoms with van der Waals surface area (Å²) in [5, 5.41) is 13.3. The number of hydrogen-bond acceptors (Lipinski definition) is 5. The molecule has 6 heteroatoms. The highest BCUT2D eigenvalue weighted by molar-refractivity contribution is 14.1. The third-order valence-corrected chi connectivity index (χ3v) is 10.6. The van der Waals surface area contributed by atoms with Crippen molar-refractivity contribution >= 4 is 28.6 Å². The molecule has 0 spiro atoms. The lowest BCUT2D eigenvalue weighted by Crippen LogP contribution is -2.45. The van der Waals surface area contributed by atoms with Gasteiger partial charge in [0, 0.05) is 8.99 Å². The fraction of sp³-hybridized carbons (Fsp3) is 0.731. The fourth-order valence-electron chi connectivity index (χ4n) is 6.49. The van der Waals surface area contributed by atoms with Crippen molar-refractivity contribution in [2.24, 2.45) is 22.4 Å². The number of ether oxygens (including phenoxy) is 1. The van der Waals surface area contributed by atoms with E-state index in [2.05, 4.69) is 59.8 Å². The van der Waals surface area contributed by atoms with E-state index in [1.807, 2.05) is 13.8 Å². The smallest absolute Gasteiger partial charge is 0.333 e. The van der Waals surface area contributed by atoms with Crippen LogP contribution in [0.5, 0.6) is 0 Å². The van der Waals surface area contributed by atoms with E-state index in [-0.39, 0.29) is 20.8 Å². The van der Waals surface area contributed by atoms with E-state index in [1.54, 1.807) is 0 Å². The summed E-state index contributed by atoms with van der Waals surface area (Å²) in [7, 11) is 0. The van der Waals surface area contributed by atoms with Gasteiger partial charge in [0.15, 0.2) is 0 Å². The highest BCUT2D eigenvalue weighted by Gasteiger charge is 2.59. The summed E-state index contributed by atoms with van der Waals surface area (Å²) in [6, 6.07) is -0.306. The SMILES string of the molecule is CCOC(=O)/C(C)=C/[C@@H](C)[C@H]1CC[C@@]2(I)/C(=C/C=C3\C[C@@H](O)C[C@H](N=O)C3)CCC[C@]12C. The van der Waals surface area contributed by atoms with Crippen molar-refractivity contribution in [3.05, 3.63) is 39.9 Å². The molecule has 0 heterocycles. The largest absolute Gasteiger partial charge is 0.463 e. The molecular weight excluding hydrogens is 517 g/mol. The first kappa shape index (κ1) is 25.6. The summed E-state index contributed by atoms with van der Waals surface area (Å²) < 4.78 is 5.28. The fourth-order valence-corrected chi connectivity index (χ4v) is 7.92. The Bertz CT molecular complexity index is 819. The quantitative estimate of drug-likeness (QED) is 0.135. The molecule has 0 unspecified atom stereocenters. The third kappa shape index (κ3) is 5.06. The Morgan fingerprint density at radius 1 is 1.34 bits per heavy atom. The second-order valence-electron chi connectivity index (χ2n) is 10.2. The molecule has 0 bridgehead atoms. The molecule has 0 amide bonds. The van der Waals surface area contributed by atoms with Gasteiger partial charge in [-0.15, -0.1) is 0 Å². The average Bonchev–Trinajstić information content (AvgIpc) is 3.03. The van der Waals surface area contributed by atoms with Crippen molar-refractivity contribution in [3.63, 3.8) is 0 Å². The summed E-state index contributed by atoms with van der Waals surface area (Å²) in [6.45, 7) is 8.79. The molecule has 32 heavy (non-hydrogen) atoms. The van der Waals surface area contributed by atoms with Gasteiger partial charge in [-0.1, -0.05) is 71.0 Å². The first-order valence-electron chi connectivity index (χ1n) is 12.1. The van der Waals surface area contributed by atoms with Crippen LogP contribution in [0.1, 0.15) is 79.1 Å². The summed E-state index contributed by atoms with van der Waals surface area (Å²) >= 11 is 2.71. The normalized spacial score (nSPS) is 39.1. The van der Waals surface area contributed by atoms with Crippen LogP contribution in [0.2, 0.25) is 0 Å². The Morgan fingerprint density at radius 3 is 2.78 bits per heavy atom. The first-order chi connectivity index (χ1) is 15.1. The van der Waals surface area contributed by atoms with Crippen molar-refractivity contribution in [1.29, 1.82) is 0 Å². The number of fused-ring (bicyclic) bond motifs is 1. The lowest BCUT2D eigenvalue weighted by atomic mass is 9.61. The Labute approximate surface area is 206 Å². The third-order valence-electron chi connectivity index (χ3n) is 8.13. The van der Waals surface area contributed by atoms with Gasteiger partial charge in [0.05, 0.1) is 18.8 Å². The van der Waals surface area contributed by atoms with Gasteiger partial charge >= 0.3 is 5.97 Å². The number of halogens is 1. The number of rotatable bonds is 6. The lowest BCUT2D eigenvalue weighted by molar-refractivity contribution is -0.138. The van der Waals surface area contributed by atoms with Gasteiger partial charge in [0.1, 0.15) is 0 Å². The molecule has 0 aliphatic heterocycles. The second-order valence-corrected chi connectivity index (χ2v) is 12.1. The molecular formula is C26H38INO4. The van der Waals surface area contributed by atoms with Crippen molar-refractivity contribution in [2.75, 3.05) is 6.61 Å². The molecule has 0 saturated heterocycles. The molecule has 3 saturated carbocycles. The molecule has 1 N–H and O–H groups in total. The van der Waals surface area contributed by atoms with Crippen molar-refractivity contribution in [1.82, 2.24) is 0 Å². The zero-order chi connectivity index (χ0) is 23.5. The number of carbonyl (C=O) groups is 1. The number of carbonyl (C=O) groups excluding carboxylic acids is 1. The van der Waals surface area contributed by atoms with Gasteiger partial charge in [-0.05, 0) is 82.5 Å². The first-order valence-corrected chi connectivity index (χ1v) is 13.2. The summed E-state index contributed by atoms with van der Waals surface area (Å²) in [5.41, 5.74) is 3.49. The number of aliphatic hydroxyl groups is 1. The Balaban J connectivity index is 1.82. The molecule has 0 aromatic heterocycles. The average molecular weight is 555 g/mol. The van der Waals surface area contributed by atoms with Crippen LogP contribution < -0.4 is 0 Å². The van der Waals surface area contributed by atoms with Gasteiger partial charge in [-0.25, -0.2) is 4.79 Å². The van der Waals surface area contributed by atoms with E-state index >= 15 is 0 Å². The van der Waals surface area contributed by atoms with E-state index in [4.69, 9.17) is 4.74 Å². The predicted molar refractivity (Wildman–Crippen MR) is 137 cm³/mol. The number of aliphatic hydroxyl groups excluding tert-OH is 1. The Kier molecular flexibility index (Phi) is 8.40. The highest BCUT2D eigenvalue weighted by atomic mass is 127. The van der Waals surface area contributed by atoms with Crippen molar-refractivity contribution in [3.8, 4) is 0 Å². The minimum Gasteiger partial charge on any atom is -0.463 e. The van der Waals surface area contributed by atoms with Crippen LogP contribution in [0, 0.1) is 22.2 Å². The van der Waals surface area contributed by atoms with Crippen LogP contribution >= 0.6 is 22.6 Å². The molecule has 5 nitrogen and oxygen atoms in total. The standard InChI is InChI=1S/C26H38INO4/c1-5-32-24(30)18(3)13-17(2)23-10-12-26(27)20(7-6-11-25(23,26)4)9-8-19-14-21(28-31)16-22(29)15-19/h8-9,13,17,21-23,29H,5-7,10-12,14-16H2,1-4H3/b18-13+,19-8-,20-9+/t17-,21-,22-,23-,25-,26-/m1/s1. The molecule has 3 fully saturated rings. The van der Waals surface area contributed by atoms with Crippen molar-refractivity contribution in [2.45, 2.75) is 94.6 Å². The maximum Gasteiger partial charge on any atom is 0.333 e. The van der Waals surface area contributed by atoms with Crippen LogP contribution in [0.15, 0.2) is 40.1 Å². The molecule has 3 aliphatic carbocycles. The van der Waals surface area contributed by atoms with Gasteiger partial charge in [0.2, 0.25) is 0 Å². The van der Waals surface area contributed by atoms with Gasteiger partial charge < -0.3 is 9.84 Å². The van der Waals surface area contributed by atoms with Gasteiger partial charge in [-0.3, -0.25) is 0 Å². The van der Waals surface area contributed by atoms with E-state index in [0.717, 1.165) is 24.8 Å². The minimum absolute atomic E-state index is 0.0975. The number of allylic oxidation sites excluding steroid dienone is 4. The second kappa shape index (κ2) is 10.5. The Morgan fingerprint density at radius 2 is 2.09 bits per heavy atom. The predicted octanol–water partition coefficient (Wildman–Crippen LogP) is 6.44. The summed E-state index contributed by atoms with van der Waals surface area (Å²) in [4.78, 5) is 23.1. The molecule has 3 aliphatic rings. The maximum atomic E-state index is 12.1. The van der Waals surface area contributed by atoms with E-state index in [9.17, 15) is 14.8 Å². The van der Waals surface area contributed by atoms with E-state index in [0.29, 0.717) is 43.3 Å². The zero-order valence-corrected chi connectivity index (χ0v) is 22.1. The van der Waals surface area contributed by atoms with Crippen LogP contribution in [0.3, 0.4) is 0 Å². The van der Waals surface area contributed by atoms with E-state index in [1.165, 1.54) is 18.4 Å². The number of nitrogens with zero attached hydrogens (tertiary/aromatic N) is 1. The molecule has 6 atom stereocenters. The molecule has 3 rings (SSSR count). The van der Waals surface area contributed by atoms with Gasteiger partial charge in [0.25, 0.3) is 0 Å². The number of hydrogen-bond donors (Lipinski definition) is 1. The number of alkyl halides is 1. The van der Waals surface area contributed by atoms with Crippen LogP contribution in [0.25, 0.3) is 0 Å². The summed E-state index contributed by atoms with van der Waals surface area (Å²) in [5.74, 6) is 0.615. The molecule has 0 aromatic rings. The van der Waals surface area contributed by atoms with Gasteiger partial charge in [-0.2, -0.15) is 4.91 Å². The lowest BCUT2D eigenvalue weighted by Gasteiger charge is -2.49. The Hall–Kier alpha value is -1.02. The van der Waals surface area contributed by atoms with Crippen LogP contribution in [-0.2, 0) is 9.53 Å². The number of nitroso groups, excluding NO2 is 1. The monoisotopic (exact) mass is 555 g/mol. The molecule has 0 aromatic carbocycles. The summed E-state index contributed by atoms with van der Waals surface area (Å²) in [6.07, 6.45) is 13.6. The highest BCUT2D eigenvalue weighted by Crippen LogP contribution is 2.66. The molecule has 178 valence electrons. The number of esters is 1. The zero-order valence-electron chi connectivity index (χ0n) is 19.9. The maximum absolute atomic E-state index is 12.1. The topological polar surface area (TPSA) is 76.0 Å². The minimum atomic E-state index is -0.465. The van der Waals surface area contributed by atoms with E-state index < -0.39 is 6.10 Å². The van der Waals surface area contributed by atoms with Crippen LogP contribution in [-0.4, -0.2) is 33.3 Å². The van der Waals surface area contributed by atoms with Crippen LogP contribution in [0.4, 0.5) is 0 Å². The van der Waals surface area contributed by atoms with Crippen molar-refractivity contribution < 1.29 is 14.6 Å². The molecule has 0 radical (unpaired) electrons.